The first-order valence-corrected chi connectivity index (χ1v) is 13.0. The van der Waals surface area contributed by atoms with Crippen molar-refractivity contribution in [2.45, 2.75) is 23.8 Å². The molecule has 0 radical (unpaired) electrons. The molecular formula is C25H31N3O5S. The average molecular weight is 486 g/mol. The van der Waals surface area contributed by atoms with E-state index in [-0.39, 0.29) is 16.8 Å². The largest absolute Gasteiger partial charge is 0.497 e. The quantitative estimate of drug-likeness (QED) is 0.607. The molecule has 1 amide bonds. The van der Waals surface area contributed by atoms with Crippen molar-refractivity contribution in [1.29, 1.82) is 0 Å². The van der Waals surface area contributed by atoms with Gasteiger partial charge in [0.2, 0.25) is 15.9 Å². The Hall–Kier alpha value is -2.88. The van der Waals surface area contributed by atoms with E-state index in [0.29, 0.717) is 26.3 Å². The topological polar surface area (TPSA) is 88.2 Å². The third-order valence-electron chi connectivity index (χ3n) is 6.19. The highest BCUT2D eigenvalue weighted by Gasteiger charge is 2.26. The molecule has 0 saturated carbocycles. The number of nitrogens with one attached hydrogen (secondary N) is 1. The zero-order chi connectivity index (χ0) is 24.0. The van der Waals surface area contributed by atoms with Gasteiger partial charge in [-0.3, -0.25) is 4.79 Å². The van der Waals surface area contributed by atoms with E-state index < -0.39 is 10.0 Å². The predicted molar refractivity (Wildman–Crippen MR) is 131 cm³/mol. The van der Waals surface area contributed by atoms with Crippen molar-refractivity contribution < 1.29 is 22.7 Å². The standard InChI is InChI=1S/C25H31N3O5S/c1-32-23-7-5-22(6-8-23)27-14-12-21(13-15-27)26-25(29)11-4-20-2-9-24(10-3-20)34(30,31)28-16-18-33-19-17-28/h2-11,21H,12-19H2,1H3,(H,26,29)/b11-4+. The van der Waals surface area contributed by atoms with Gasteiger partial charge in [0, 0.05) is 44.0 Å². The molecule has 2 fully saturated rings. The minimum Gasteiger partial charge on any atom is -0.497 e. The summed E-state index contributed by atoms with van der Waals surface area (Å²) in [7, 11) is -1.86. The van der Waals surface area contributed by atoms with Crippen molar-refractivity contribution in [2.24, 2.45) is 0 Å². The summed E-state index contributed by atoms with van der Waals surface area (Å²) in [5, 5.41) is 3.07. The number of carbonyl (C=O) groups is 1. The molecule has 1 N–H and O–H groups in total. The summed E-state index contributed by atoms with van der Waals surface area (Å²) in [6.07, 6.45) is 4.95. The molecule has 2 aromatic carbocycles. The Bertz CT molecular complexity index is 1090. The van der Waals surface area contributed by atoms with E-state index in [0.717, 1.165) is 42.9 Å². The number of methoxy groups -OCH3 is 1. The van der Waals surface area contributed by atoms with Crippen LogP contribution in [0.4, 0.5) is 5.69 Å². The highest BCUT2D eigenvalue weighted by molar-refractivity contribution is 7.89. The molecule has 2 heterocycles. The molecule has 0 atom stereocenters. The van der Waals surface area contributed by atoms with Crippen LogP contribution in [-0.2, 0) is 19.6 Å². The van der Waals surface area contributed by atoms with Gasteiger partial charge in [-0.15, -0.1) is 0 Å². The molecule has 0 aromatic heterocycles. The van der Waals surface area contributed by atoms with E-state index in [9.17, 15) is 13.2 Å². The van der Waals surface area contributed by atoms with E-state index in [1.807, 2.05) is 12.1 Å². The summed E-state index contributed by atoms with van der Waals surface area (Å²) in [6.45, 7) is 3.30. The van der Waals surface area contributed by atoms with Crippen molar-refractivity contribution in [3.63, 3.8) is 0 Å². The first-order valence-electron chi connectivity index (χ1n) is 11.5. The van der Waals surface area contributed by atoms with Gasteiger partial charge in [0.15, 0.2) is 0 Å². The Kier molecular flexibility index (Phi) is 7.87. The van der Waals surface area contributed by atoms with Gasteiger partial charge in [0.1, 0.15) is 5.75 Å². The number of amides is 1. The van der Waals surface area contributed by atoms with Crippen LogP contribution in [0, 0.1) is 0 Å². The normalized spacial score (nSPS) is 18.2. The lowest BCUT2D eigenvalue weighted by Crippen LogP contribution is -2.44. The van der Waals surface area contributed by atoms with Crippen LogP contribution in [0.1, 0.15) is 18.4 Å². The first-order chi connectivity index (χ1) is 16.5. The molecule has 0 spiro atoms. The van der Waals surface area contributed by atoms with Gasteiger partial charge in [0.25, 0.3) is 0 Å². The maximum atomic E-state index is 12.7. The van der Waals surface area contributed by atoms with Gasteiger partial charge < -0.3 is 19.7 Å². The zero-order valence-corrected chi connectivity index (χ0v) is 20.2. The Morgan fingerprint density at radius 2 is 1.65 bits per heavy atom. The molecule has 0 unspecified atom stereocenters. The van der Waals surface area contributed by atoms with Gasteiger partial charge in [-0.1, -0.05) is 12.1 Å². The summed E-state index contributed by atoms with van der Waals surface area (Å²) in [4.78, 5) is 15.0. The monoisotopic (exact) mass is 485 g/mol. The molecule has 0 aliphatic carbocycles. The second kappa shape index (κ2) is 11.0. The Morgan fingerprint density at radius 3 is 2.26 bits per heavy atom. The fraction of sp³-hybridized carbons (Fsp3) is 0.400. The Morgan fingerprint density at radius 1 is 1.00 bits per heavy atom. The van der Waals surface area contributed by atoms with Crippen LogP contribution in [0.5, 0.6) is 5.75 Å². The van der Waals surface area contributed by atoms with Crippen LogP contribution in [-0.4, -0.2) is 71.2 Å². The van der Waals surface area contributed by atoms with E-state index in [1.165, 1.54) is 10.4 Å². The predicted octanol–water partition coefficient (Wildman–Crippen LogP) is 2.51. The van der Waals surface area contributed by atoms with E-state index >= 15 is 0 Å². The summed E-state index contributed by atoms with van der Waals surface area (Å²) < 4.78 is 37.3. The highest BCUT2D eigenvalue weighted by atomic mass is 32.2. The molecule has 2 saturated heterocycles. The minimum absolute atomic E-state index is 0.132. The third kappa shape index (κ3) is 5.97. The Labute approximate surface area is 201 Å². The van der Waals surface area contributed by atoms with Crippen molar-refractivity contribution in [1.82, 2.24) is 9.62 Å². The minimum atomic E-state index is -3.52. The zero-order valence-electron chi connectivity index (χ0n) is 19.4. The lowest BCUT2D eigenvalue weighted by atomic mass is 10.0. The third-order valence-corrected chi connectivity index (χ3v) is 8.11. The number of carbonyl (C=O) groups excluding carboxylic acids is 1. The van der Waals surface area contributed by atoms with Crippen LogP contribution in [0.3, 0.4) is 0 Å². The number of morpholine rings is 1. The number of sulfonamides is 1. The van der Waals surface area contributed by atoms with Crippen molar-refractivity contribution in [3.8, 4) is 5.75 Å². The number of rotatable bonds is 7. The van der Waals surface area contributed by atoms with Gasteiger partial charge in [-0.25, -0.2) is 8.42 Å². The smallest absolute Gasteiger partial charge is 0.244 e. The molecule has 2 aliphatic heterocycles. The van der Waals surface area contributed by atoms with Gasteiger partial charge in [-0.05, 0) is 60.9 Å². The number of ether oxygens (including phenoxy) is 2. The van der Waals surface area contributed by atoms with Crippen LogP contribution in [0.15, 0.2) is 59.5 Å². The van der Waals surface area contributed by atoms with Crippen LogP contribution >= 0.6 is 0 Å². The van der Waals surface area contributed by atoms with Crippen molar-refractivity contribution >= 4 is 27.7 Å². The van der Waals surface area contributed by atoms with Gasteiger partial charge in [-0.2, -0.15) is 4.31 Å². The molecule has 2 aliphatic rings. The molecule has 2 aromatic rings. The van der Waals surface area contributed by atoms with Crippen molar-refractivity contribution in [3.05, 3.63) is 60.2 Å². The number of anilines is 1. The molecule has 34 heavy (non-hydrogen) atoms. The molecule has 8 nitrogen and oxygen atoms in total. The number of piperidine rings is 1. The number of hydrogen-bond donors (Lipinski definition) is 1. The van der Waals surface area contributed by atoms with Gasteiger partial charge >= 0.3 is 0 Å². The number of nitrogens with zero attached hydrogens (tertiary/aromatic N) is 2. The van der Waals surface area contributed by atoms with E-state index in [2.05, 4.69) is 22.3 Å². The van der Waals surface area contributed by atoms with Crippen LogP contribution in [0.2, 0.25) is 0 Å². The number of hydrogen-bond acceptors (Lipinski definition) is 6. The van der Waals surface area contributed by atoms with Gasteiger partial charge in [0.05, 0.1) is 25.2 Å². The molecular weight excluding hydrogens is 454 g/mol. The maximum absolute atomic E-state index is 12.7. The number of benzene rings is 2. The summed E-state index contributed by atoms with van der Waals surface area (Å²) in [5.41, 5.74) is 1.93. The second-order valence-electron chi connectivity index (χ2n) is 8.39. The lowest BCUT2D eigenvalue weighted by Gasteiger charge is -2.33. The maximum Gasteiger partial charge on any atom is 0.244 e. The SMILES string of the molecule is COc1ccc(N2CCC(NC(=O)/C=C/c3ccc(S(=O)(=O)N4CCOCC4)cc3)CC2)cc1. The summed E-state index contributed by atoms with van der Waals surface area (Å²) >= 11 is 0. The summed E-state index contributed by atoms with van der Waals surface area (Å²) in [6, 6.07) is 14.7. The summed E-state index contributed by atoms with van der Waals surface area (Å²) in [5.74, 6) is 0.693. The van der Waals surface area contributed by atoms with Crippen molar-refractivity contribution in [2.75, 3.05) is 51.4 Å². The fourth-order valence-electron chi connectivity index (χ4n) is 4.18. The van der Waals surface area contributed by atoms with Crippen LogP contribution in [0.25, 0.3) is 6.08 Å². The van der Waals surface area contributed by atoms with E-state index in [4.69, 9.17) is 9.47 Å². The lowest BCUT2D eigenvalue weighted by molar-refractivity contribution is -0.117. The molecule has 9 heteroatoms. The second-order valence-corrected chi connectivity index (χ2v) is 10.3. The first kappa shape index (κ1) is 24.3. The molecule has 0 bridgehead atoms. The average Bonchev–Trinajstić information content (AvgIpc) is 2.89. The molecule has 4 rings (SSSR count). The Balaban J connectivity index is 1.26. The molecule has 182 valence electrons. The fourth-order valence-corrected chi connectivity index (χ4v) is 5.59. The van der Waals surface area contributed by atoms with Crippen LogP contribution < -0.4 is 15.0 Å². The van der Waals surface area contributed by atoms with E-state index in [1.54, 1.807) is 37.5 Å². The highest BCUT2D eigenvalue weighted by Crippen LogP contribution is 2.23.